The van der Waals surface area contributed by atoms with Gasteiger partial charge in [-0.1, -0.05) is 30.3 Å². The topological polar surface area (TPSA) is 12.5 Å². The molecule has 1 heterocycles. The number of rotatable bonds is 5. The molecule has 0 amide bonds. The second-order valence-electron chi connectivity index (χ2n) is 3.76. The summed E-state index contributed by atoms with van der Waals surface area (Å²) in [6, 6.07) is 8.59. The number of ether oxygens (including phenoxy) is 1. The maximum absolute atomic E-state index is 5.21. The molecule has 0 aliphatic carbocycles. The molecular formula is C13H16O. The fourth-order valence-electron chi connectivity index (χ4n) is 1.71. The van der Waals surface area contributed by atoms with E-state index < -0.39 is 0 Å². The Morgan fingerprint density at radius 3 is 2.71 bits per heavy atom. The Kier molecular flexibility index (Phi) is 3.00. The highest BCUT2D eigenvalue weighted by molar-refractivity contribution is 5.28. The van der Waals surface area contributed by atoms with E-state index in [1.807, 2.05) is 6.08 Å². The molecule has 1 aromatic carbocycles. The van der Waals surface area contributed by atoms with Crippen LogP contribution in [0.2, 0.25) is 0 Å². The van der Waals surface area contributed by atoms with Gasteiger partial charge in [-0.3, -0.25) is 0 Å². The van der Waals surface area contributed by atoms with Gasteiger partial charge in [0.05, 0.1) is 12.7 Å². The van der Waals surface area contributed by atoms with Crippen molar-refractivity contribution in [2.75, 3.05) is 6.61 Å². The second kappa shape index (κ2) is 4.43. The van der Waals surface area contributed by atoms with E-state index >= 15 is 0 Å². The van der Waals surface area contributed by atoms with Crippen molar-refractivity contribution in [3.8, 4) is 0 Å². The number of allylic oxidation sites excluding steroid dienone is 1. The molecule has 1 nitrogen and oxygen atoms in total. The minimum atomic E-state index is 0.534. The largest absolute Gasteiger partial charge is 0.373 e. The molecule has 1 unspecified atom stereocenters. The van der Waals surface area contributed by atoms with Gasteiger partial charge in [0.15, 0.2) is 0 Å². The molecule has 0 bridgehead atoms. The molecule has 0 radical (unpaired) electrons. The zero-order valence-electron chi connectivity index (χ0n) is 8.41. The lowest BCUT2D eigenvalue weighted by molar-refractivity contribution is 0.396. The summed E-state index contributed by atoms with van der Waals surface area (Å²) in [5, 5.41) is 0. The van der Waals surface area contributed by atoms with Crippen LogP contribution in [0.15, 0.2) is 36.9 Å². The molecule has 1 aromatic rings. The third-order valence-electron chi connectivity index (χ3n) is 2.62. The summed E-state index contributed by atoms with van der Waals surface area (Å²) in [5.41, 5.74) is 2.85. The highest BCUT2D eigenvalue weighted by Gasteiger charge is 2.21. The third kappa shape index (κ3) is 2.46. The summed E-state index contributed by atoms with van der Waals surface area (Å²) >= 11 is 0. The number of hydrogen-bond acceptors (Lipinski definition) is 1. The second-order valence-corrected chi connectivity index (χ2v) is 3.76. The van der Waals surface area contributed by atoms with E-state index in [2.05, 4.69) is 30.8 Å². The SMILES string of the molecule is C=CCc1ccccc1CCC1CO1. The minimum absolute atomic E-state index is 0.534. The van der Waals surface area contributed by atoms with Crippen LogP contribution in [0.3, 0.4) is 0 Å². The van der Waals surface area contributed by atoms with Gasteiger partial charge in [-0.05, 0) is 30.4 Å². The van der Waals surface area contributed by atoms with E-state index in [1.54, 1.807) is 0 Å². The summed E-state index contributed by atoms with van der Waals surface area (Å²) in [6.07, 6.45) is 5.77. The van der Waals surface area contributed by atoms with Crippen LogP contribution >= 0.6 is 0 Å². The molecule has 1 atom stereocenters. The van der Waals surface area contributed by atoms with Gasteiger partial charge in [-0.25, -0.2) is 0 Å². The van der Waals surface area contributed by atoms with Crippen molar-refractivity contribution in [2.45, 2.75) is 25.4 Å². The smallest absolute Gasteiger partial charge is 0.0813 e. The van der Waals surface area contributed by atoms with Gasteiger partial charge in [0.25, 0.3) is 0 Å². The molecule has 0 N–H and O–H groups in total. The lowest BCUT2D eigenvalue weighted by Crippen LogP contribution is -1.96. The first kappa shape index (κ1) is 9.47. The monoisotopic (exact) mass is 188 g/mol. The Balaban J connectivity index is 2.01. The van der Waals surface area contributed by atoms with Crippen LogP contribution in [-0.2, 0) is 17.6 Å². The maximum Gasteiger partial charge on any atom is 0.0813 e. The Morgan fingerprint density at radius 2 is 2.07 bits per heavy atom. The minimum Gasteiger partial charge on any atom is -0.373 e. The molecule has 0 saturated carbocycles. The van der Waals surface area contributed by atoms with E-state index in [4.69, 9.17) is 4.74 Å². The van der Waals surface area contributed by atoms with Gasteiger partial charge in [0, 0.05) is 0 Å². The Morgan fingerprint density at radius 1 is 1.36 bits per heavy atom. The first-order valence-electron chi connectivity index (χ1n) is 5.19. The summed E-state index contributed by atoms with van der Waals surface area (Å²) in [6.45, 7) is 4.74. The Labute approximate surface area is 85.4 Å². The first-order valence-corrected chi connectivity index (χ1v) is 5.19. The first-order chi connectivity index (χ1) is 6.90. The molecule has 1 aliphatic heterocycles. The van der Waals surface area contributed by atoms with Gasteiger partial charge in [-0.2, -0.15) is 0 Å². The van der Waals surface area contributed by atoms with Crippen LogP contribution in [0.25, 0.3) is 0 Å². The zero-order valence-corrected chi connectivity index (χ0v) is 8.41. The molecular weight excluding hydrogens is 172 g/mol. The van der Waals surface area contributed by atoms with Gasteiger partial charge >= 0.3 is 0 Å². The van der Waals surface area contributed by atoms with Crippen molar-refractivity contribution < 1.29 is 4.74 Å². The van der Waals surface area contributed by atoms with Gasteiger partial charge in [0.2, 0.25) is 0 Å². The summed E-state index contributed by atoms with van der Waals surface area (Å²) in [4.78, 5) is 0. The predicted octanol–water partition coefficient (Wildman–Crippen LogP) is 2.75. The van der Waals surface area contributed by atoms with Crippen LogP contribution in [-0.4, -0.2) is 12.7 Å². The standard InChI is InChI=1S/C13H16O/c1-2-5-11-6-3-4-7-12(11)8-9-13-10-14-13/h2-4,6-7,13H,1,5,8-10H2. The molecule has 2 rings (SSSR count). The number of benzene rings is 1. The molecule has 1 fully saturated rings. The average molecular weight is 188 g/mol. The van der Waals surface area contributed by atoms with Crippen LogP contribution in [0, 0.1) is 0 Å². The lowest BCUT2D eigenvalue weighted by Gasteiger charge is -2.06. The van der Waals surface area contributed by atoms with Crippen molar-refractivity contribution in [2.24, 2.45) is 0 Å². The molecule has 74 valence electrons. The number of aryl methyl sites for hydroxylation is 1. The fraction of sp³-hybridized carbons (Fsp3) is 0.385. The van der Waals surface area contributed by atoms with Crippen molar-refractivity contribution in [1.29, 1.82) is 0 Å². The van der Waals surface area contributed by atoms with Crippen LogP contribution in [0.4, 0.5) is 0 Å². The maximum atomic E-state index is 5.21. The van der Waals surface area contributed by atoms with E-state index in [0.29, 0.717) is 6.10 Å². The average Bonchev–Trinajstić information content (AvgIpc) is 3.01. The van der Waals surface area contributed by atoms with Crippen molar-refractivity contribution >= 4 is 0 Å². The van der Waals surface area contributed by atoms with Crippen LogP contribution in [0.1, 0.15) is 17.5 Å². The zero-order chi connectivity index (χ0) is 9.80. The third-order valence-corrected chi connectivity index (χ3v) is 2.62. The lowest BCUT2D eigenvalue weighted by atomic mass is 10.00. The Hall–Kier alpha value is -1.08. The van der Waals surface area contributed by atoms with E-state index in [1.165, 1.54) is 11.1 Å². The summed E-state index contributed by atoms with van der Waals surface area (Å²) in [7, 11) is 0. The molecule has 1 heteroatoms. The normalized spacial score (nSPS) is 19.3. The molecule has 14 heavy (non-hydrogen) atoms. The van der Waals surface area contributed by atoms with Gasteiger partial charge in [0.1, 0.15) is 0 Å². The molecule has 0 aromatic heterocycles. The summed E-state index contributed by atoms with van der Waals surface area (Å²) < 4.78 is 5.21. The van der Waals surface area contributed by atoms with Gasteiger partial charge < -0.3 is 4.74 Å². The fourth-order valence-corrected chi connectivity index (χ4v) is 1.71. The van der Waals surface area contributed by atoms with Gasteiger partial charge in [-0.15, -0.1) is 6.58 Å². The van der Waals surface area contributed by atoms with Crippen molar-refractivity contribution in [1.82, 2.24) is 0 Å². The summed E-state index contributed by atoms with van der Waals surface area (Å²) in [5.74, 6) is 0. The predicted molar refractivity (Wildman–Crippen MR) is 58.4 cm³/mol. The number of hydrogen-bond donors (Lipinski definition) is 0. The Bertz CT molecular complexity index is 313. The van der Waals surface area contributed by atoms with E-state index in [0.717, 1.165) is 25.9 Å². The highest BCUT2D eigenvalue weighted by Crippen LogP contribution is 2.19. The number of epoxide rings is 1. The molecule has 0 spiro atoms. The highest BCUT2D eigenvalue weighted by atomic mass is 16.6. The molecule has 1 saturated heterocycles. The van der Waals surface area contributed by atoms with Crippen LogP contribution < -0.4 is 0 Å². The van der Waals surface area contributed by atoms with Crippen molar-refractivity contribution in [3.63, 3.8) is 0 Å². The van der Waals surface area contributed by atoms with E-state index in [-0.39, 0.29) is 0 Å². The van der Waals surface area contributed by atoms with Crippen LogP contribution in [0.5, 0.6) is 0 Å². The van der Waals surface area contributed by atoms with E-state index in [9.17, 15) is 0 Å². The van der Waals surface area contributed by atoms with Crippen molar-refractivity contribution in [3.05, 3.63) is 48.0 Å². The molecule has 1 aliphatic rings. The quantitative estimate of drug-likeness (QED) is 0.511.